The number of rotatable bonds is 9. The molecule has 172 valence electrons. The third-order valence-corrected chi connectivity index (χ3v) is 7.62. The number of piperidine rings is 3. The van der Waals surface area contributed by atoms with Gasteiger partial charge in [-0.05, 0) is 73.9 Å². The maximum atomic E-state index is 13.0. The average Bonchev–Trinajstić information content (AvgIpc) is 2.85. The zero-order valence-corrected chi connectivity index (χ0v) is 19.7. The lowest BCUT2D eigenvalue weighted by atomic mass is 9.73. The number of hydrogen-bond donors (Lipinski definition) is 1. The largest absolute Gasteiger partial charge is 0.497 e. The van der Waals surface area contributed by atoms with Crippen molar-refractivity contribution in [1.29, 1.82) is 0 Å². The number of carbonyl (C=O) groups is 1. The number of nitrogens with two attached hydrogens (primary N) is 1. The van der Waals surface area contributed by atoms with Gasteiger partial charge in [0, 0.05) is 23.7 Å². The van der Waals surface area contributed by atoms with Gasteiger partial charge in [0.25, 0.3) is 0 Å². The number of hydrogen-bond acceptors (Lipinski definition) is 7. The fourth-order valence-electron chi connectivity index (χ4n) is 5.14. The fraction of sp³-hybridized carbons (Fsp3) is 0.520. The molecule has 6 atom stereocenters. The van der Waals surface area contributed by atoms with Crippen molar-refractivity contribution >= 4 is 28.6 Å². The van der Waals surface area contributed by atoms with Crippen LogP contribution in [0, 0.1) is 11.8 Å². The second-order valence-electron chi connectivity index (χ2n) is 8.78. The van der Waals surface area contributed by atoms with E-state index in [-0.39, 0.29) is 12.0 Å². The van der Waals surface area contributed by atoms with E-state index in [0.717, 1.165) is 53.9 Å². The topological polar surface area (TPSA) is 77.7 Å². The van der Waals surface area contributed by atoms with E-state index in [1.165, 1.54) is 0 Å². The molecule has 1 aromatic carbocycles. The van der Waals surface area contributed by atoms with Crippen molar-refractivity contribution in [2.24, 2.45) is 17.6 Å². The standard InChI is InChI=1S/C25H33N3O3S/c1-4-16-15-28-11-8-17(16)13-23(28)24(31-25(29)21(26)9-12-32-3)19-7-10-27-22-6-5-18(30-2)14-20(19)22/h4-7,10,14,16-17,21,23-24H,1,8-9,11-13,15,26H2,2-3H3/t16-,17-,21-,23-,24+/m0/s1. The average molecular weight is 456 g/mol. The Morgan fingerprint density at radius 2 is 2.28 bits per heavy atom. The quantitative estimate of drug-likeness (QED) is 0.455. The molecule has 3 aliphatic heterocycles. The molecule has 1 unspecified atom stereocenters. The first kappa shape index (κ1) is 23.1. The fourth-order valence-corrected chi connectivity index (χ4v) is 5.63. The maximum Gasteiger partial charge on any atom is 0.323 e. The summed E-state index contributed by atoms with van der Waals surface area (Å²) in [5, 5.41) is 0.949. The smallest absolute Gasteiger partial charge is 0.323 e. The summed E-state index contributed by atoms with van der Waals surface area (Å²) in [4.78, 5) is 20.0. The van der Waals surface area contributed by atoms with Crippen LogP contribution in [0.2, 0.25) is 0 Å². The van der Waals surface area contributed by atoms with E-state index in [2.05, 4.69) is 22.5 Å². The number of esters is 1. The normalized spacial score (nSPS) is 26.5. The summed E-state index contributed by atoms with van der Waals surface area (Å²) in [7, 11) is 1.65. The number of thioether (sulfide) groups is 1. The summed E-state index contributed by atoms with van der Waals surface area (Å²) in [6.07, 6.45) is 8.22. The van der Waals surface area contributed by atoms with Gasteiger partial charge >= 0.3 is 5.97 Å². The van der Waals surface area contributed by atoms with Crippen LogP contribution in [0.1, 0.15) is 30.9 Å². The highest BCUT2D eigenvalue weighted by atomic mass is 32.2. The molecule has 2 aromatic rings. The summed E-state index contributed by atoms with van der Waals surface area (Å²) in [5.74, 6) is 2.31. The Kier molecular flexibility index (Phi) is 7.38. The van der Waals surface area contributed by atoms with Gasteiger partial charge in [0.05, 0.1) is 18.7 Å². The lowest BCUT2D eigenvalue weighted by Crippen LogP contribution is -2.55. The van der Waals surface area contributed by atoms with Crippen LogP contribution in [-0.2, 0) is 9.53 Å². The predicted octanol–water partition coefficient (Wildman–Crippen LogP) is 3.80. The molecule has 7 heteroatoms. The van der Waals surface area contributed by atoms with Crippen LogP contribution in [-0.4, -0.2) is 60.1 Å². The third-order valence-electron chi connectivity index (χ3n) is 6.97. The number of pyridine rings is 1. The molecule has 32 heavy (non-hydrogen) atoms. The molecule has 6 nitrogen and oxygen atoms in total. The third kappa shape index (κ3) is 4.65. The van der Waals surface area contributed by atoms with Gasteiger partial charge < -0.3 is 15.2 Å². The van der Waals surface area contributed by atoms with Crippen LogP contribution in [0.15, 0.2) is 43.1 Å². The van der Waals surface area contributed by atoms with Gasteiger partial charge in [0.1, 0.15) is 17.9 Å². The number of carbonyl (C=O) groups excluding carboxylic acids is 1. The lowest BCUT2D eigenvalue weighted by Gasteiger charge is -2.51. The first-order chi connectivity index (χ1) is 15.5. The van der Waals surface area contributed by atoms with Crippen molar-refractivity contribution in [1.82, 2.24) is 9.88 Å². The molecule has 3 aliphatic rings. The minimum Gasteiger partial charge on any atom is -0.497 e. The summed E-state index contributed by atoms with van der Waals surface area (Å²) in [5.41, 5.74) is 8.01. The number of ether oxygens (including phenoxy) is 2. The van der Waals surface area contributed by atoms with E-state index in [1.54, 1.807) is 25.1 Å². The van der Waals surface area contributed by atoms with E-state index in [0.29, 0.717) is 18.3 Å². The van der Waals surface area contributed by atoms with Crippen molar-refractivity contribution in [3.05, 3.63) is 48.7 Å². The highest BCUT2D eigenvalue weighted by molar-refractivity contribution is 7.98. The van der Waals surface area contributed by atoms with E-state index >= 15 is 0 Å². The highest BCUT2D eigenvalue weighted by Crippen LogP contribution is 2.43. The van der Waals surface area contributed by atoms with Gasteiger partial charge in [-0.15, -0.1) is 6.58 Å². The Bertz CT molecular complexity index is 969. The Hall–Kier alpha value is -2.09. The molecule has 5 rings (SSSR count). The molecular weight excluding hydrogens is 422 g/mol. The molecule has 0 aliphatic carbocycles. The second kappa shape index (κ2) is 10.2. The molecule has 1 aromatic heterocycles. The SMILES string of the molecule is C=C[C@H]1CN2CC[C@H]1C[C@H]2[C@H](OC(=O)[C@@H](N)CCSC)c1ccnc2ccc(OC)cc12. The maximum absolute atomic E-state index is 13.0. The van der Waals surface area contributed by atoms with Crippen LogP contribution < -0.4 is 10.5 Å². The van der Waals surface area contributed by atoms with Crippen LogP contribution >= 0.6 is 11.8 Å². The molecular formula is C25H33N3O3S. The predicted molar refractivity (Wildman–Crippen MR) is 130 cm³/mol. The Balaban J connectivity index is 1.71. The van der Waals surface area contributed by atoms with Crippen molar-refractivity contribution in [2.45, 2.75) is 37.5 Å². The monoisotopic (exact) mass is 455 g/mol. The Morgan fingerprint density at radius 3 is 2.97 bits per heavy atom. The van der Waals surface area contributed by atoms with E-state index in [4.69, 9.17) is 15.2 Å². The van der Waals surface area contributed by atoms with Gasteiger partial charge in [-0.2, -0.15) is 11.8 Å². The van der Waals surface area contributed by atoms with Crippen molar-refractivity contribution in [3.63, 3.8) is 0 Å². The van der Waals surface area contributed by atoms with Crippen molar-refractivity contribution in [2.75, 3.05) is 32.2 Å². The number of methoxy groups -OCH3 is 1. The number of nitrogens with zero attached hydrogens (tertiary/aromatic N) is 2. The first-order valence-electron chi connectivity index (χ1n) is 11.3. The Labute approximate surface area is 194 Å². The summed E-state index contributed by atoms with van der Waals surface area (Å²) >= 11 is 1.68. The molecule has 2 bridgehead atoms. The van der Waals surface area contributed by atoms with Gasteiger partial charge in [0.2, 0.25) is 0 Å². The van der Waals surface area contributed by atoms with Crippen molar-refractivity contribution in [3.8, 4) is 5.75 Å². The Morgan fingerprint density at radius 1 is 1.44 bits per heavy atom. The molecule has 0 saturated carbocycles. The number of aromatic nitrogens is 1. The zero-order valence-electron chi connectivity index (χ0n) is 18.9. The molecule has 0 spiro atoms. The van der Waals surface area contributed by atoms with Gasteiger partial charge in [-0.1, -0.05) is 6.08 Å². The van der Waals surface area contributed by atoms with E-state index < -0.39 is 12.1 Å². The summed E-state index contributed by atoms with van der Waals surface area (Å²) < 4.78 is 11.7. The molecule has 4 heterocycles. The summed E-state index contributed by atoms with van der Waals surface area (Å²) in [6, 6.07) is 7.29. The summed E-state index contributed by atoms with van der Waals surface area (Å²) in [6.45, 7) is 6.01. The van der Waals surface area contributed by atoms with Crippen LogP contribution in [0.25, 0.3) is 10.9 Å². The molecule has 2 N–H and O–H groups in total. The number of fused-ring (bicyclic) bond motifs is 4. The van der Waals surface area contributed by atoms with Crippen LogP contribution in [0.5, 0.6) is 5.75 Å². The minimum atomic E-state index is -0.621. The van der Waals surface area contributed by atoms with Crippen molar-refractivity contribution < 1.29 is 14.3 Å². The van der Waals surface area contributed by atoms with Gasteiger partial charge in [-0.25, -0.2) is 0 Å². The van der Waals surface area contributed by atoms with E-state index in [9.17, 15) is 4.79 Å². The highest BCUT2D eigenvalue weighted by Gasteiger charge is 2.44. The van der Waals surface area contributed by atoms with Gasteiger partial charge in [0.15, 0.2) is 0 Å². The zero-order chi connectivity index (χ0) is 22.7. The molecule has 3 saturated heterocycles. The molecule has 3 fully saturated rings. The number of benzene rings is 1. The van der Waals surface area contributed by atoms with E-state index in [1.807, 2.05) is 30.5 Å². The van der Waals surface area contributed by atoms with Crippen LogP contribution in [0.3, 0.4) is 0 Å². The second-order valence-corrected chi connectivity index (χ2v) is 9.76. The lowest BCUT2D eigenvalue weighted by molar-refractivity contribution is -0.159. The molecule has 0 amide bonds. The van der Waals surface area contributed by atoms with Crippen LogP contribution in [0.4, 0.5) is 0 Å². The molecule has 0 radical (unpaired) electrons. The first-order valence-corrected chi connectivity index (χ1v) is 12.7. The van der Waals surface area contributed by atoms with Gasteiger partial charge in [-0.3, -0.25) is 14.7 Å². The minimum absolute atomic E-state index is 0.110.